The van der Waals surface area contributed by atoms with Crippen molar-refractivity contribution in [1.82, 2.24) is 9.80 Å². The molecule has 29 heavy (non-hydrogen) atoms. The van der Waals surface area contributed by atoms with Gasteiger partial charge in [0, 0.05) is 31.6 Å². The van der Waals surface area contributed by atoms with Gasteiger partial charge in [-0.15, -0.1) is 0 Å². The van der Waals surface area contributed by atoms with Crippen LogP contribution in [-0.4, -0.2) is 61.5 Å². The molecule has 1 aromatic rings. The zero-order chi connectivity index (χ0) is 20.4. The molecule has 0 radical (unpaired) electrons. The molecule has 1 aromatic carbocycles. The smallest absolute Gasteiger partial charge is 0.339 e. The van der Waals surface area contributed by atoms with Gasteiger partial charge in [-0.2, -0.15) is 0 Å². The second-order valence-electron chi connectivity index (χ2n) is 8.61. The van der Waals surface area contributed by atoms with Crippen molar-refractivity contribution in [3.8, 4) is 5.75 Å². The van der Waals surface area contributed by atoms with Crippen LogP contribution in [-0.2, 0) is 15.1 Å². The SMILES string of the molecule is CCOc1ccc2c(c1)C(=O)O[C@]21CC[C@H](C(=O)N(C)CCN2CCCC2)CC1. The fourth-order valence-corrected chi connectivity index (χ4v) is 5.06. The highest BCUT2D eigenvalue weighted by Crippen LogP contribution is 2.49. The number of fused-ring (bicyclic) bond motifs is 2. The van der Waals surface area contributed by atoms with Gasteiger partial charge in [0.05, 0.1) is 12.2 Å². The third kappa shape index (κ3) is 4.00. The largest absolute Gasteiger partial charge is 0.494 e. The number of benzene rings is 1. The Morgan fingerprint density at radius 2 is 2.00 bits per heavy atom. The molecule has 6 heteroatoms. The molecule has 0 N–H and O–H groups in total. The number of likely N-dealkylation sites (N-methyl/N-ethyl adjacent to an activating group) is 1. The van der Waals surface area contributed by atoms with Gasteiger partial charge < -0.3 is 19.3 Å². The molecule has 158 valence electrons. The summed E-state index contributed by atoms with van der Waals surface area (Å²) >= 11 is 0. The average Bonchev–Trinajstić information content (AvgIpc) is 3.34. The predicted octanol–water partition coefficient (Wildman–Crippen LogP) is 3.20. The van der Waals surface area contributed by atoms with Crippen LogP contribution < -0.4 is 4.74 Å². The molecule has 2 aliphatic heterocycles. The molecule has 0 aromatic heterocycles. The third-order valence-electron chi connectivity index (χ3n) is 6.77. The molecule has 3 aliphatic rings. The molecule has 6 nitrogen and oxygen atoms in total. The van der Waals surface area contributed by atoms with Crippen molar-refractivity contribution in [3.05, 3.63) is 29.3 Å². The molecular weight excluding hydrogens is 368 g/mol. The number of carbonyl (C=O) groups excluding carboxylic acids is 2. The van der Waals surface area contributed by atoms with Crippen LogP contribution in [0.5, 0.6) is 5.75 Å². The minimum atomic E-state index is -0.567. The number of carbonyl (C=O) groups is 2. The van der Waals surface area contributed by atoms with Crippen LogP contribution in [0.15, 0.2) is 18.2 Å². The molecule has 1 saturated heterocycles. The number of nitrogens with zero attached hydrogens (tertiary/aromatic N) is 2. The van der Waals surface area contributed by atoms with E-state index in [9.17, 15) is 9.59 Å². The summed E-state index contributed by atoms with van der Waals surface area (Å²) in [6, 6.07) is 5.67. The van der Waals surface area contributed by atoms with E-state index in [1.54, 1.807) is 6.07 Å². The van der Waals surface area contributed by atoms with Gasteiger partial charge in [0.25, 0.3) is 0 Å². The molecule has 0 atom stereocenters. The highest BCUT2D eigenvalue weighted by atomic mass is 16.6. The quantitative estimate of drug-likeness (QED) is 0.687. The Morgan fingerprint density at radius 3 is 2.69 bits per heavy atom. The lowest BCUT2D eigenvalue weighted by molar-refractivity contribution is -0.137. The van der Waals surface area contributed by atoms with Gasteiger partial charge in [0.15, 0.2) is 0 Å². The van der Waals surface area contributed by atoms with E-state index in [1.807, 2.05) is 31.0 Å². The Labute approximate surface area is 173 Å². The van der Waals surface area contributed by atoms with Gasteiger partial charge in [0.2, 0.25) is 5.91 Å². The van der Waals surface area contributed by atoms with E-state index in [-0.39, 0.29) is 17.8 Å². The fraction of sp³-hybridized carbons (Fsp3) is 0.652. The van der Waals surface area contributed by atoms with Crippen molar-refractivity contribution in [1.29, 1.82) is 0 Å². The number of amides is 1. The molecule has 1 saturated carbocycles. The lowest BCUT2D eigenvalue weighted by Gasteiger charge is -2.37. The zero-order valence-corrected chi connectivity index (χ0v) is 17.6. The maximum atomic E-state index is 12.9. The maximum Gasteiger partial charge on any atom is 0.339 e. The van der Waals surface area contributed by atoms with Gasteiger partial charge in [-0.1, -0.05) is 6.07 Å². The monoisotopic (exact) mass is 400 g/mol. The lowest BCUT2D eigenvalue weighted by Crippen LogP contribution is -2.41. The summed E-state index contributed by atoms with van der Waals surface area (Å²) in [5, 5.41) is 0. The minimum Gasteiger partial charge on any atom is -0.494 e. The Kier molecular flexibility index (Phi) is 5.81. The molecule has 0 unspecified atom stereocenters. The molecule has 1 aliphatic carbocycles. The number of ether oxygens (including phenoxy) is 2. The molecule has 4 rings (SSSR count). The first-order valence-corrected chi connectivity index (χ1v) is 11.0. The molecule has 2 fully saturated rings. The maximum absolute atomic E-state index is 12.9. The van der Waals surface area contributed by atoms with Crippen LogP contribution in [0.4, 0.5) is 0 Å². The molecule has 1 spiro atoms. The Hall–Kier alpha value is -2.08. The minimum absolute atomic E-state index is 0.0228. The lowest BCUT2D eigenvalue weighted by atomic mass is 9.74. The molecule has 2 heterocycles. The normalized spacial score (nSPS) is 26.4. The summed E-state index contributed by atoms with van der Waals surface area (Å²) in [5.74, 6) is 0.683. The van der Waals surface area contributed by atoms with Gasteiger partial charge >= 0.3 is 5.97 Å². The van der Waals surface area contributed by atoms with Crippen molar-refractivity contribution >= 4 is 11.9 Å². The standard InChI is InChI=1S/C23H32N2O4/c1-3-28-18-6-7-20-19(16-18)22(27)29-23(20)10-8-17(9-11-23)21(26)24(2)14-15-25-12-4-5-13-25/h6-7,16-17H,3-5,8-15H2,1-2H3/t17-,23-. The summed E-state index contributed by atoms with van der Waals surface area (Å²) in [6.45, 7) is 6.56. The van der Waals surface area contributed by atoms with E-state index < -0.39 is 5.60 Å². The second kappa shape index (κ2) is 8.34. The summed E-state index contributed by atoms with van der Waals surface area (Å²) in [7, 11) is 1.92. The molecule has 0 bridgehead atoms. The van der Waals surface area contributed by atoms with Crippen molar-refractivity contribution < 1.29 is 19.1 Å². The van der Waals surface area contributed by atoms with Crippen molar-refractivity contribution in [3.63, 3.8) is 0 Å². The highest BCUT2D eigenvalue weighted by Gasteiger charge is 2.48. The van der Waals surface area contributed by atoms with Crippen molar-refractivity contribution in [2.45, 2.75) is 51.0 Å². The van der Waals surface area contributed by atoms with E-state index in [2.05, 4.69) is 4.90 Å². The van der Waals surface area contributed by atoms with Crippen LogP contribution >= 0.6 is 0 Å². The van der Waals surface area contributed by atoms with E-state index in [0.29, 0.717) is 30.8 Å². The van der Waals surface area contributed by atoms with Crippen LogP contribution in [0.25, 0.3) is 0 Å². The van der Waals surface area contributed by atoms with Crippen molar-refractivity contribution in [2.75, 3.05) is 39.8 Å². The zero-order valence-electron chi connectivity index (χ0n) is 17.6. The van der Waals surface area contributed by atoms with Gasteiger partial charge in [-0.05, 0) is 70.7 Å². The first kappa shape index (κ1) is 20.2. The third-order valence-corrected chi connectivity index (χ3v) is 6.77. The number of rotatable bonds is 6. The summed E-state index contributed by atoms with van der Waals surface area (Å²) < 4.78 is 11.4. The van der Waals surface area contributed by atoms with Crippen LogP contribution in [0.2, 0.25) is 0 Å². The Balaban J connectivity index is 1.37. The van der Waals surface area contributed by atoms with E-state index in [0.717, 1.165) is 44.6 Å². The Morgan fingerprint density at radius 1 is 1.28 bits per heavy atom. The first-order chi connectivity index (χ1) is 14.0. The number of likely N-dealkylation sites (tertiary alicyclic amines) is 1. The van der Waals surface area contributed by atoms with Gasteiger partial charge in [0.1, 0.15) is 11.4 Å². The first-order valence-electron chi connectivity index (χ1n) is 11.0. The number of esters is 1. The van der Waals surface area contributed by atoms with Gasteiger partial charge in [-0.3, -0.25) is 4.79 Å². The summed E-state index contributed by atoms with van der Waals surface area (Å²) in [6.07, 6.45) is 5.47. The highest BCUT2D eigenvalue weighted by molar-refractivity contribution is 5.95. The predicted molar refractivity (Wildman–Crippen MR) is 110 cm³/mol. The number of hydrogen-bond donors (Lipinski definition) is 0. The molecule has 1 amide bonds. The van der Waals surface area contributed by atoms with Crippen LogP contribution in [0, 0.1) is 5.92 Å². The number of hydrogen-bond acceptors (Lipinski definition) is 5. The fourth-order valence-electron chi connectivity index (χ4n) is 5.06. The van der Waals surface area contributed by atoms with E-state index >= 15 is 0 Å². The molecular formula is C23H32N2O4. The van der Waals surface area contributed by atoms with Gasteiger partial charge in [-0.25, -0.2) is 4.79 Å². The van der Waals surface area contributed by atoms with E-state index in [4.69, 9.17) is 9.47 Å². The van der Waals surface area contributed by atoms with Crippen LogP contribution in [0.1, 0.15) is 61.4 Å². The summed E-state index contributed by atoms with van der Waals surface area (Å²) in [4.78, 5) is 29.7. The topological polar surface area (TPSA) is 59.1 Å². The van der Waals surface area contributed by atoms with E-state index in [1.165, 1.54) is 12.8 Å². The van der Waals surface area contributed by atoms with Crippen molar-refractivity contribution in [2.24, 2.45) is 5.92 Å². The summed E-state index contributed by atoms with van der Waals surface area (Å²) in [5.41, 5.74) is 1.00. The second-order valence-corrected chi connectivity index (χ2v) is 8.61. The Bertz CT molecular complexity index is 764. The van der Waals surface area contributed by atoms with Crippen LogP contribution in [0.3, 0.4) is 0 Å². The average molecular weight is 401 g/mol.